The SMILES string of the molecule is CN1CCC(C2CCCN2CC(F)(F)F)CC1. The van der Waals surface area contributed by atoms with Gasteiger partial charge in [-0.2, -0.15) is 13.2 Å². The molecule has 0 aliphatic carbocycles. The van der Waals surface area contributed by atoms with Crippen molar-refractivity contribution in [3.05, 3.63) is 0 Å². The number of rotatable bonds is 2. The summed E-state index contributed by atoms with van der Waals surface area (Å²) in [7, 11) is 2.08. The highest BCUT2D eigenvalue weighted by atomic mass is 19.4. The molecule has 5 heteroatoms. The van der Waals surface area contributed by atoms with Gasteiger partial charge in [0.2, 0.25) is 0 Å². The van der Waals surface area contributed by atoms with E-state index in [9.17, 15) is 13.2 Å². The monoisotopic (exact) mass is 250 g/mol. The standard InChI is InChI=1S/C12H21F3N2/c1-16-7-4-10(5-8-16)11-3-2-6-17(11)9-12(13,14)15/h10-11H,2-9H2,1H3. The first-order valence-corrected chi connectivity index (χ1v) is 6.45. The molecule has 0 aromatic heterocycles. The third-order valence-corrected chi connectivity index (χ3v) is 4.10. The zero-order valence-corrected chi connectivity index (χ0v) is 10.3. The van der Waals surface area contributed by atoms with E-state index >= 15 is 0 Å². The van der Waals surface area contributed by atoms with Crippen molar-refractivity contribution in [3.63, 3.8) is 0 Å². The van der Waals surface area contributed by atoms with E-state index < -0.39 is 12.7 Å². The normalized spacial score (nSPS) is 30.0. The molecule has 0 bridgehead atoms. The summed E-state index contributed by atoms with van der Waals surface area (Å²) in [5.74, 6) is 0.469. The number of hydrogen-bond acceptors (Lipinski definition) is 2. The van der Waals surface area contributed by atoms with Gasteiger partial charge in [0.1, 0.15) is 0 Å². The van der Waals surface area contributed by atoms with Crippen LogP contribution in [-0.4, -0.2) is 55.2 Å². The molecule has 2 nitrogen and oxygen atoms in total. The van der Waals surface area contributed by atoms with Gasteiger partial charge in [-0.1, -0.05) is 0 Å². The zero-order chi connectivity index (χ0) is 12.5. The number of likely N-dealkylation sites (tertiary alicyclic amines) is 2. The Morgan fingerprint density at radius 2 is 1.71 bits per heavy atom. The Kier molecular flexibility index (Phi) is 3.98. The van der Waals surface area contributed by atoms with Gasteiger partial charge in [-0.05, 0) is 58.3 Å². The molecule has 2 aliphatic rings. The van der Waals surface area contributed by atoms with E-state index in [1.54, 1.807) is 4.90 Å². The molecule has 100 valence electrons. The Hall–Kier alpha value is -0.290. The summed E-state index contributed by atoms with van der Waals surface area (Å²) < 4.78 is 37.4. The molecular weight excluding hydrogens is 229 g/mol. The lowest BCUT2D eigenvalue weighted by Gasteiger charge is -2.37. The van der Waals surface area contributed by atoms with E-state index in [1.165, 1.54) is 0 Å². The van der Waals surface area contributed by atoms with Gasteiger partial charge < -0.3 is 4.90 Å². The van der Waals surface area contributed by atoms with Crippen LogP contribution in [0.25, 0.3) is 0 Å². The lowest BCUT2D eigenvalue weighted by Crippen LogP contribution is -2.44. The summed E-state index contributed by atoms with van der Waals surface area (Å²) >= 11 is 0. The van der Waals surface area contributed by atoms with Gasteiger partial charge in [-0.25, -0.2) is 0 Å². The number of halogens is 3. The third-order valence-electron chi connectivity index (χ3n) is 4.10. The second-order valence-electron chi connectivity index (χ2n) is 5.44. The van der Waals surface area contributed by atoms with Crippen LogP contribution in [0.5, 0.6) is 0 Å². The molecule has 1 atom stereocenters. The predicted molar refractivity (Wildman–Crippen MR) is 60.9 cm³/mol. The molecule has 0 aromatic carbocycles. The molecule has 2 aliphatic heterocycles. The maximum absolute atomic E-state index is 12.5. The van der Waals surface area contributed by atoms with E-state index in [2.05, 4.69) is 11.9 Å². The Morgan fingerprint density at radius 1 is 1.06 bits per heavy atom. The van der Waals surface area contributed by atoms with Crippen LogP contribution >= 0.6 is 0 Å². The highest BCUT2D eigenvalue weighted by Crippen LogP contribution is 2.32. The molecule has 0 aromatic rings. The fourth-order valence-corrected chi connectivity index (χ4v) is 3.23. The topological polar surface area (TPSA) is 6.48 Å². The van der Waals surface area contributed by atoms with Gasteiger partial charge in [0.25, 0.3) is 0 Å². The molecule has 2 heterocycles. The number of alkyl halides is 3. The summed E-state index contributed by atoms with van der Waals surface area (Å²) in [5.41, 5.74) is 0. The van der Waals surface area contributed by atoms with Gasteiger partial charge in [-0.15, -0.1) is 0 Å². The highest BCUT2D eigenvalue weighted by molar-refractivity contribution is 4.88. The summed E-state index contributed by atoms with van der Waals surface area (Å²) in [4.78, 5) is 3.93. The average molecular weight is 250 g/mol. The second-order valence-corrected chi connectivity index (χ2v) is 5.44. The van der Waals surface area contributed by atoms with E-state index in [1.807, 2.05) is 0 Å². The minimum atomic E-state index is -4.05. The highest BCUT2D eigenvalue weighted by Gasteiger charge is 2.39. The van der Waals surface area contributed by atoms with Crippen molar-refractivity contribution in [3.8, 4) is 0 Å². The smallest absolute Gasteiger partial charge is 0.306 e. The van der Waals surface area contributed by atoms with Crippen molar-refractivity contribution >= 4 is 0 Å². The first-order chi connectivity index (χ1) is 7.96. The van der Waals surface area contributed by atoms with Gasteiger partial charge in [0.15, 0.2) is 0 Å². The average Bonchev–Trinajstić information content (AvgIpc) is 2.64. The molecule has 2 fully saturated rings. The van der Waals surface area contributed by atoms with Crippen LogP contribution in [0.4, 0.5) is 13.2 Å². The molecule has 2 rings (SSSR count). The molecule has 0 N–H and O–H groups in total. The molecule has 0 radical (unpaired) electrons. The molecule has 1 unspecified atom stereocenters. The lowest BCUT2D eigenvalue weighted by molar-refractivity contribution is -0.150. The first kappa shape index (κ1) is 13.1. The van der Waals surface area contributed by atoms with E-state index in [0.717, 1.165) is 38.8 Å². The van der Waals surface area contributed by atoms with Gasteiger partial charge in [0, 0.05) is 6.04 Å². The molecule has 0 spiro atoms. The summed E-state index contributed by atoms with van der Waals surface area (Å²) in [6.07, 6.45) is -0.0728. The summed E-state index contributed by atoms with van der Waals surface area (Å²) in [6.45, 7) is 1.96. The van der Waals surface area contributed by atoms with Crippen molar-refractivity contribution in [2.24, 2.45) is 5.92 Å². The van der Waals surface area contributed by atoms with Crippen LogP contribution in [0.1, 0.15) is 25.7 Å². The second kappa shape index (κ2) is 5.14. The van der Waals surface area contributed by atoms with Gasteiger partial charge in [0.05, 0.1) is 6.54 Å². The minimum absolute atomic E-state index is 0.172. The number of hydrogen-bond donors (Lipinski definition) is 0. The Morgan fingerprint density at radius 3 is 2.29 bits per heavy atom. The Balaban J connectivity index is 1.90. The molecule has 0 saturated carbocycles. The van der Waals surface area contributed by atoms with Crippen LogP contribution in [-0.2, 0) is 0 Å². The summed E-state index contributed by atoms with van der Waals surface area (Å²) in [5, 5.41) is 0. The van der Waals surface area contributed by atoms with Crippen LogP contribution in [0.3, 0.4) is 0 Å². The van der Waals surface area contributed by atoms with Crippen LogP contribution in [0.15, 0.2) is 0 Å². The fourth-order valence-electron chi connectivity index (χ4n) is 3.23. The van der Waals surface area contributed by atoms with Crippen molar-refractivity contribution < 1.29 is 13.2 Å². The van der Waals surface area contributed by atoms with Gasteiger partial charge >= 0.3 is 6.18 Å². The number of nitrogens with zero attached hydrogens (tertiary/aromatic N) is 2. The maximum Gasteiger partial charge on any atom is 0.401 e. The van der Waals surface area contributed by atoms with Crippen LogP contribution in [0, 0.1) is 5.92 Å². The predicted octanol–water partition coefficient (Wildman–Crippen LogP) is 2.35. The minimum Gasteiger partial charge on any atom is -0.306 e. The van der Waals surface area contributed by atoms with Crippen LogP contribution < -0.4 is 0 Å². The first-order valence-electron chi connectivity index (χ1n) is 6.45. The van der Waals surface area contributed by atoms with Crippen molar-refractivity contribution in [1.29, 1.82) is 0 Å². The molecule has 0 amide bonds. The van der Waals surface area contributed by atoms with Gasteiger partial charge in [-0.3, -0.25) is 4.90 Å². The summed E-state index contributed by atoms with van der Waals surface area (Å²) in [6, 6.07) is 0.172. The largest absolute Gasteiger partial charge is 0.401 e. The van der Waals surface area contributed by atoms with E-state index in [-0.39, 0.29) is 6.04 Å². The molecule has 17 heavy (non-hydrogen) atoms. The molecule has 2 saturated heterocycles. The molecular formula is C12H21F3N2. The maximum atomic E-state index is 12.5. The lowest BCUT2D eigenvalue weighted by atomic mass is 9.88. The van der Waals surface area contributed by atoms with Crippen molar-refractivity contribution in [2.45, 2.75) is 37.9 Å². The Labute approximate surface area is 101 Å². The van der Waals surface area contributed by atoms with E-state index in [4.69, 9.17) is 0 Å². The zero-order valence-electron chi connectivity index (χ0n) is 10.3. The van der Waals surface area contributed by atoms with Crippen molar-refractivity contribution in [1.82, 2.24) is 9.80 Å². The van der Waals surface area contributed by atoms with Crippen LogP contribution in [0.2, 0.25) is 0 Å². The number of piperidine rings is 1. The Bertz CT molecular complexity index is 247. The third kappa shape index (κ3) is 3.58. The fraction of sp³-hybridized carbons (Fsp3) is 1.00. The quantitative estimate of drug-likeness (QED) is 0.742. The van der Waals surface area contributed by atoms with Crippen molar-refractivity contribution in [2.75, 3.05) is 33.2 Å². The van der Waals surface area contributed by atoms with E-state index in [0.29, 0.717) is 12.5 Å².